The van der Waals surface area contributed by atoms with Crippen LogP contribution < -0.4 is 5.32 Å². The second kappa shape index (κ2) is 6.76. The smallest absolute Gasteiger partial charge is 0.311 e. The first-order valence-electron chi connectivity index (χ1n) is 7.27. The maximum atomic E-state index is 13.1. The molecule has 6 nitrogen and oxygen atoms in total. The van der Waals surface area contributed by atoms with Crippen molar-refractivity contribution in [2.45, 2.75) is 31.7 Å². The lowest BCUT2D eigenvalue weighted by molar-refractivity contribution is -0.130. The monoisotopic (exact) mass is 353 g/mol. The third kappa shape index (κ3) is 3.28. The van der Waals surface area contributed by atoms with Crippen molar-refractivity contribution in [2.24, 2.45) is 4.36 Å². The number of benzene rings is 1. The van der Waals surface area contributed by atoms with Crippen LogP contribution in [0.1, 0.15) is 24.5 Å². The van der Waals surface area contributed by atoms with E-state index < -0.39 is 22.0 Å². The van der Waals surface area contributed by atoms with Crippen molar-refractivity contribution in [2.75, 3.05) is 13.6 Å². The molecule has 0 saturated heterocycles. The molecule has 1 amide bonds. The second-order valence-corrected chi connectivity index (χ2v) is 6.52. The van der Waals surface area contributed by atoms with Gasteiger partial charge >= 0.3 is 10.5 Å². The lowest BCUT2D eigenvalue weighted by atomic mass is 9.92. The zero-order valence-corrected chi connectivity index (χ0v) is 14.9. The van der Waals surface area contributed by atoms with Crippen LogP contribution in [0.15, 0.2) is 28.6 Å². The predicted molar refractivity (Wildman–Crippen MR) is 91.7 cm³/mol. The summed E-state index contributed by atoms with van der Waals surface area (Å²) in [6.07, 6.45) is 0.367. The molecule has 1 aromatic carbocycles. The van der Waals surface area contributed by atoms with Crippen LogP contribution in [-0.2, 0) is 20.7 Å². The topological polar surface area (TPSA) is 78.8 Å². The summed E-state index contributed by atoms with van der Waals surface area (Å²) < 4.78 is 25.6. The fourth-order valence-corrected chi connectivity index (χ4v) is 3.42. The first kappa shape index (κ1) is 17.6. The quantitative estimate of drug-likeness (QED) is 0.828. The van der Waals surface area contributed by atoms with Crippen LogP contribution in [0.25, 0.3) is 0 Å². The molecule has 2 atom stereocenters. The predicted octanol–water partition coefficient (Wildman–Crippen LogP) is 1.42. The number of nitrogens with one attached hydrogen (secondary N) is 1. The van der Waals surface area contributed by atoms with Crippen LogP contribution in [0.3, 0.4) is 0 Å². The summed E-state index contributed by atoms with van der Waals surface area (Å²) >= 11 is 5.19. The van der Waals surface area contributed by atoms with E-state index in [-0.39, 0.29) is 5.91 Å². The highest BCUT2D eigenvalue weighted by atomic mass is 32.2. The summed E-state index contributed by atoms with van der Waals surface area (Å²) in [5.41, 5.74) is 0.880. The molecule has 1 aromatic rings. The van der Waals surface area contributed by atoms with Gasteiger partial charge < -0.3 is 5.32 Å². The van der Waals surface area contributed by atoms with E-state index in [2.05, 4.69) is 9.68 Å². The van der Waals surface area contributed by atoms with Crippen LogP contribution in [0.2, 0.25) is 0 Å². The standard InChI is InChI=1S/C15H19N3O3S2/c1-4-18(14(22)16-3)13(19)15(9-12(15)17-23(20)21)11-7-5-10(2)6-8-11/h5-8,12H,4,9H2,1-3H3,(H,16,22). The molecule has 2 unspecified atom stereocenters. The van der Waals surface area contributed by atoms with Gasteiger partial charge in [-0.3, -0.25) is 9.69 Å². The summed E-state index contributed by atoms with van der Waals surface area (Å²) in [5.74, 6) is -0.220. The number of carbonyl (C=O) groups is 1. The van der Waals surface area contributed by atoms with Gasteiger partial charge in [0.2, 0.25) is 5.91 Å². The SMILES string of the molecule is CCN(C(=O)C1(c2ccc(C)cc2)CC1N=S(=O)=O)C(=S)NC. The van der Waals surface area contributed by atoms with Crippen molar-refractivity contribution in [3.63, 3.8) is 0 Å². The lowest BCUT2D eigenvalue weighted by Crippen LogP contribution is -2.47. The van der Waals surface area contributed by atoms with Gasteiger partial charge in [0.1, 0.15) is 5.41 Å². The Morgan fingerprint density at radius 2 is 2.04 bits per heavy atom. The number of carbonyl (C=O) groups excluding carboxylic acids is 1. The highest BCUT2D eigenvalue weighted by Gasteiger charge is 2.63. The van der Waals surface area contributed by atoms with Crippen LogP contribution >= 0.6 is 12.2 Å². The van der Waals surface area contributed by atoms with E-state index in [4.69, 9.17) is 12.2 Å². The van der Waals surface area contributed by atoms with Gasteiger partial charge in [-0.1, -0.05) is 29.8 Å². The molecule has 0 aromatic heterocycles. The van der Waals surface area contributed by atoms with E-state index in [9.17, 15) is 13.2 Å². The van der Waals surface area contributed by atoms with E-state index in [0.29, 0.717) is 18.1 Å². The van der Waals surface area contributed by atoms with Gasteiger partial charge in [0.05, 0.1) is 6.04 Å². The summed E-state index contributed by atoms with van der Waals surface area (Å²) in [6.45, 7) is 4.18. The molecule has 23 heavy (non-hydrogen) atoms. The zero-order valence-electron chi connectivity index (χ0n) is 13.2. The average molecular weight is 353 g/mol. The Morgan fingerprint density at radius 1 is 1.43 bits per heavy atom. The van der Waals surface area contributed by atoms with Crippen LogP contribution in [-0.4, -0.2) is 44.0 Å². The number of hydrogen-bond acceptors (Lipinski definition) is 5. The van der Waals surface area contributed by atoms with Crippen molar-refractivity contribution < 1.29 is 13.2 Å². The van der Waals surface area contributed by atoms with Gasteiger partial charge in [-0.15, -0.1) is 0 Å². The van der Waals surface area contributed by atoms with E-state index >= 15 is 0 Å². The Hall–Kier alpha value is -1.80. The summed E-state index contributed by atoms with van der Waals surface area (Å²) in [5, 5.41) is 3.11. The Morgan fingerprint density at radius 3 is 2.52 bits per heavy atom. The summed E-state index contributed by atoms with van der Waals surface area (Å²) in [4.78, 5) is 14.5. The largest absolute Gasteiger partial charge is 0.365 e. The van der Waals surface area contributed by atoms with Crippen molar-refractivity contribution in [3.8, 4) is 0 Å². The Bertz CT molecular complexity index is 751. The molecule has 0 bridgehead atoms. The van der Waals surface area contributed by atoms with Crippen molar-refractivity contribution >= 4 is 33.7 Å². The Kier molecular flexibility index (Phi) is 5.16. The van der Waals surface area contributed by atoms with E-state index in [1.165, 1.54) is 4.90 Å². The lowest BCUT2D eigenvalue weighted by Gasteiger charge is -2.27. The summed E-state index contributed by atoms with van der Waals surface area (Å²) in [6, 6.07) is 6.94. The number of rotatable bonds is 4. The molecule has 2 rings (SSSR count). The summed E-state index contributed by atoms with van der Waals surface area (Å²) in [7, 11) is -0.895. The Balaban J connectivity index is 2.48. The minimum Gasteiger partial charge on any atom is -0.365 e. The third-order valence-electron chi connectivity index (χ3n) is 4.11. The molecule has 1 saturated carbocycles. The molecular weight excluding hydrogens is 334 g/mol. The second-order valence-electron chi connectivity index (χ2n) is 5.48. The number of aryl methyl sites for hydroxylation is 1. The van der Waals surface area contributed by atoms with E-state index in [1.807, 2.05) is 38.1 Å². The molecule has 1 aliphatic carbocycles. The first-order valence-corrected chi connectivity index (χ1v) is 8.71. The average Bonchev–Trinajstić information content (AvgIpc) is 3.22. The molecule has 1 aliphatic rings. The fourth-order valence-electron chi connectivity index (χ4n) is 2.75. The van der Waals surface area contributed by atoms with Crippen molar-refractivity contribution in [1.29, 1.82) is 0 Å². The van der Waals surface area contributed by atoms with Gasteiger partial charge in [-0.05, 0) is 38.0 Å². The number of hydrogen-bond donors (Lipinski definition) is 1. The molecule has 0 heterocycles. The number of nitrogens with zero attached hydrogens (tertiary/aromatic N) is 2. The Labute approximate surface area is 142 Å². The number of likely N-dealkylation sites (N-methyl/N-ethyl adjacent to an activating group) is 1. The molecule has 0 radical (unpaired) electrons. The molecule has 1 N–H and O–H groups in total. The van der Waals surface area contributed by atoms with Crippen LogP contribution in [0.5, 0.6) is 0 Å². The molecule has 1 fully saturated rings. The van der Waals surface area contributed by atoms with Crippen molar-refractivity contribution in [1.82, 2.24) is 10.2 Å². The van der Waals surface area contributed by atoms with Gasteiger partial charge in [-0.25, -0.2) is 0 Å². The van der Waals surface area contributed by atoms with Gasteiger partial charge in [0.15, 0.2) is 5.11 Å². The fraction of sp³-hybridized carbons (Fsp3) is 0.467. The zero-order chi connectivity index (χ0) is 17.2. The highest BCUT2D eigenvalue weighted by Crippen LogP contribution is 2.52. The van der Waals surface area contributed by atoms with Crippen LogP contribution in [0.4, 0.5) is 0 Å². The highest BCUT2D eigenvalue weighted by molar-refractivity contribution is 7.80. The van der Waals surface area contributed by atoms with Gasteiger partial charge in [-0.2, -0.15) is 12.8 Å². The minimum atomic E-state index is -2.55. The van der Waals surface area contributed by atoms with Crippen LogP contribution in [0, 0.1) is 6.92 Å². The molecular formula is C15H19N3O3S2. The minimum absolute atomic E-state index is 0.220. The molecule has 0 spiro atoms. The van der Waals surface area contributed by atoms with Gasteiger partial charge in [0.25, 0.3) is 0 Å². The van der Waals surface area contributed by atoms with Gasteiger partial charge in [0, 0.05) is 13.6 Å². The molecule has 8 heteroatoms. The van der Waals surface area contributed by atoms with E-state index in [0.717, 1.165) is 11.1 Å². The number of amides is 1. The number of thiocarbonyl (C=S) groups is 1. The first-order chi connectivity index (χ1) is 10.9. The van der Waals surface area contributed by atoms with Crippen molar-refractivity contribution in [3.05, 3.63) is 35.4 Å². The molecule has 124 valence electrons. The normalized spacial score (nSPS) is 22.1. The maximum Gasteiger partial charge on any atom is 0.311 e. The maximum absolute atomic E-state index is 13.1. The van der Waals surface area contributed by atoms with E-state index in [1.54, 1.807) is 7.05 Å². The third-order valence-corrected chi connectivity index (χ3v) is 4.96. The molecule has 0 aliphatic heterocycles.